The second-order valence-corrected chi connectivity index (χ2v) is 5.92. The first-order valence-electron chi connectivity index (χ1n) is 6.93. The Kier molecular flexibility index (Phi) is 4.39. The first-order valence-corrected chi connectivity index (χ1v) is 7.80. The summed E-state index contributed by atoms with van der Waals surface area (Å²) in [6, 6.07) is 2.51. The fraction of sp³-hybridized carbons (Fsp3) is 0.615. The van der Waals surface area contributed by atoms with Crippen molar-refractivity contribution in [3.63, 3.8) is 0 Å². The molecule has 0 aromatic carbocycles. The fourth-order valence-corrected chi connectivity index (χ4v) is 3.64. The van der Waals surface area contributed by atoms with Crippen LogP contribution in [-0.2, 0) is 17.7 Å². The van der Waals surface area contributed by atoms with Gasteiger partial charge in [-0.25, -0.2) is 4.68 Å². The molecular formula is C13H19N5OS. The van der Waals surface area contributed by atoms with E-state index in [2.05, 4.69) is 32.3 Å². The molecule has 1 N–H and O–H groups in total. The molecule has 2 aromatic rings. The third-order valence-corrected chi connectivity index (χ3v) is 4.64. The number of nitrogens with zero attached hydrogens (tertiary/aromatic N) is 4. The first kappa shape index (κ1) is 13.7. The number of rotatable bonds is 6. The summed E-state index contributed by atoms with van der Waals surface area (Å²) in [7, 11) is 1.70. The molecule has 0 spiro atoms. The number of ether oxygens (including phenoxy) is 1. The van der Waals surface area contributed by atoms with E-state index in [-0.39, 0.29) is 0 Å². The van der Waals surface area contributed by atoms with Crippen LogP contribution in [0.15, 0.2) is 11.4 Å². The lowest BCUT2D eigenvalue weighted by molar-refractivity contribution is 0.198. The zero-order valence-electron chi connectivity index (χ0n) is 11.6. The van der Waals surface area contributed by atoms with E-state index in [1.807, 2.05) is 16.0 Å². The minimum atomic E-state index is 0.291. The zero-order chi connectivity index (χ0) is 13.8. The third kappa shape index (κ3) is 2.74. The van der Waals surface area contributed by atoms with Crippen molar-refractivity contribution in [1.82, 2.24) is 25.5 Å². The summed E-state index contributed by atoms with van der Waals surface area (Å²) in [5, 5.41) is 17.7. The highest BCUT2D eigenvalue weighted by atomic mass is 32.1. The van der Waals surface area contributed by atoms with Gasteiger partial charge in [-0.1, -0.05) is 0 Å². The number of aromatic nitrogens is 4. The summed E-state index contributed by atoms with van der Waals surface area (Å²) in [6.07, 6.45) is 3.50. The third-order valence-electron chi connectivity index (χ3n) is 3.64. The number of nitrogens with one attached hydrogen (secondary N) is 1. The summed E-state index contributed by atoms with van der Waals surface area (Å²) in [5.41, 5.74) is 1.40. The molecule has 0 bridgehead atoms. The highest BCUT2D eigenvalue weighted by Crippen LogP contribution is 2.35. The summed E-state index contributed by atoms with van der Waals surface area (Å²) in [6.45, 7) is 2.17. The molecule has 0 aliphatic heterocycles. The van der Waals surface area contributed by atoms with Gasteiger partial charge in [-0.3, -0.25) is 0 Å². The molecule has 2 heterocycles. The molecule has 1 atom stereocenters. The van der Waals surface area contributed by atoms with E-state index in [9.17, 15) is 0 Å². The molecule has 0 saturated heterocycles. The zero-order valence-corrected chi connectivity index (χ0v) is 12.4. The molecule has 0 radical (unpaired) electrons. The van der Waals surface area contributed by atoms with E-state index < -0.39 is 0 Å². The van der Waals surface area contributed by atoms with Crippen LogP contribution in [0, 0.1) is 0 Å². The molecule has 20 heavy (non-hydrogen) atoms. The number of tetrazole rings is 1. The van der Waals surface area contributed by atoms with Crippen LogP contribution in [0.1, 0.15) is 35.1 Å². The number of thiophene rings is 1. The molecule has 0 saturated carbocycles. The lowest BCUT2D eigenvalue weighted by Crippen LogP contribution is -2.24. The summed E-state index contributed by atoms with van der Waals surface area (Å²) in [4.78, 5) is 1.48. The molecule has 108 valence electrons. The standard InChI is InChI=1S/C13H19N5OS/c1-19-7-6-14-9-13-15-16-17-18(13)11-3-2-4-12-10(11)5-8-20-12/h5,8,11,14H,2-4,6-7,9H2,1H3. The monoisotopic (exact) mass is 293 g/mol. The van der Waals surface area contributed by atoms with Crippen molar-refractivity contribution in [2.75, 3.05) is 20.3 Å². The second-order valence-electron chi connectivity index (χ2n) is 4.92. The van der Waals surface area contributed by atoms with Crippen molar-refractivity contribution in [3.8, 4) is 0 Å². The van der Waals surface area contributed by atoms with Gasteiger partial charge in [-0.05, 0) is 46.7 Å². The molecule has 2 aromatic heterocycles. The number of methoxy groups -OCH3 is 1. The van der Waals surface area contributed by atoms with Gasteiger partial charge in [0.1, 0.15) is 0 Å². The Bertz CT molecular complexity index is 552. The average Bonchev–Trinajstić information content (AvgIpc) is 3.11. The van der Waals surface area contributed by atoms with E-state index in [0.29, 0.717) is 19.2 Å². The Morgan fingerprint density at radius 3 is 3.40 bits per heavy atom. The van der Waals surface area contributed by atoms with Gasteiger partial charge in [0.15, 0.2) is 5.82 Å². The topological polar surface area (TPSA) is 64.9 Å². The maximum absolute atomic E-state index is 5.02. The van der Waals surface area contributed by atoms with Gasteiger partial charge in [0.05, 0.1) is 19.2 Å². The lowest BCUT2D eigenvalue weighted by Gasteiger charge is -2.23. The van der Waals surface area contributed by atoms with Crippen molar-refractivity contribution in [3.05, 3.63) is 27.7 Å². The summed E-state index contributed by atoms with van der Waals surface area (Å²) in [5.74, 6) is 0.894. The molecule has 1 aliphatic carbocycles. The van der Waals surface area contributed by atoms with E-state index >= 15 is 0 Å². The first-order chi connectivity index (χ1) is 9.90. The predicted octanol–water partition coefficient (Wildman–Crippen LogP) is 1.40. The highest BCUT2D eigenvalue weighted by molar-refractivity contribution is 7.10. The van der Waals surface area contributed by atoms with Gasteiger partial charge in [-0.15, -0.1) is 16.4 Å². The number of aryl methyl sites for hydroxylation is 1. The lowest BCUT2D eigenvalue weighted by atomic mass is 9.94. The maximum Gasteiger partial charge on any atom is 0.165 e. The van der Waals surface area contributed by atoms with Gasteiger partial charge in [-0.2, -0.15) is 0 Å². The van der Waals surface area contributed by atoms with Gasteiger partial charge in [0.25, 0.3) is 0 Å². The van der Waals surface area contributed by atoms with Gasteiger partial charge >= 0.3 is 0 Å². The number of hydrogen-bond donors (Lipinski definition) is 1. The molecule has 0 amide bonds. The Hall–Kier alpha value is -1.31. The number of fused-ring (bicyclic) bond motifs is 1. The van der Waals surface area contributed by atoms with E-state index in [0.717, 1.165) is 18.8 Å². The normalized spacial score (nSPS) is 18.1. The van der Waals surface area contributed by atoms with E-state index in [4.69, 9.17) is 4.74 Å². The Morgan fingerprint density at radius 1 is 1.55 bits per heavy atom. The minimum Gasteiger partial charge on any atom is -0.383 e. The van der Waals surface area contributed by atoms with Crippen LogP contribution >= 0.6 is 11.3 Å². The van der Waals surface area contributed by atoms with Crippen molar-refractivity contribution in [2.45, 2.75) is 31.8 Å². The van der Waals surface area contributed by atoms with Gasteiger partial charge in [0, 0.05) is 18.5 Å². The van der Waals surface area contributed by atoms with Crippen molar-refractivity contribution < 1.29 is 4.74 Å². The van der Waals surface area contributed by atoms with E-state index in [1.54, 1.807) is 7.11 Å². The Morgan fingerprint density at radius 2 is 2.50 bits per heavy atom. The van der Waals surface area contributed by atoms with Crippen LogP contribution in [-0.4, -0.2) is 40.5 Å². The molecular weight excluding hydrogens is 274 g/mol. The highest BCUT2D eigenvalue weighted by Gasteiger charge is 2.25. The second kappa shape index (κ2) is 6.43. The summed E-state index contributed by atoms with van der Waals surface area (Å²) < 4.78 is 7.00. The molecule has 0 fully saturated rings. The van der Waals surface area contributed by atoms with Gasteiger partial charge in [0.2, 0.25) is 0 Å². The Labute approximate surface area is 122 Å². The predicted molar refractivity (Wildman–Crippen MR) is 76.8 cm³/mol. The van der Waals surface area contributed by atoms with Crippen LogP contribution in [0.3, 0.4) is 0 Å². The van der Waals surface area contributed by atoms with Gasteiger partial charge < -0.3 is 10.1 Å². The fourth-order valence-electron chi connectivity index (χ4n) is 2.66. The number of hydrogen-bond acceptors (Lipinski definition) is 6. The van der Waals surface area contributed by atoms with Crippen LogP contribution in [0.25, 0.3) is 0 Å². The average molecular weight is 293 g/mol. The molecule has 3 rings (SSSR count). The molecule has 1 aliphatic rings. The Balaban J connectivity index is 1.74. The quantitative estimate of drug-likeness (QED) is 0.816. The van der Waals surface area contributed by atoms with Crippen molar-refractivity contribution in [1.29, 1.82) is 0 Å². The smallest absolute Gasteiger partial charge is 0.165 e. The molecule has 7 heteroatoms. The maximum atomic E-state index is 5.02. The minimum absolute atomic E-state index is 0.291. The van der Waals surface area contributed by atoms with Crippen LogP contribution in [0.5, 0.6) is 0 Å². The van der Waals surface area contributed by atoms with Crippen LogP contribution in [0.4, 0.5) is 0 Å². The molecule has 6 nitrogen and oxygen atoms in total. The summed E-state index contributed by atoms with van der Waals surface area (Å²) >= 11 is 1.84. The van der Waals surface area contributed by atoms with Crippen LogP contribution < -0.4 is 5.32 Å². The van der Waals surface area contributed by atoms with Crippen molar-refractivity contribution in [2.24, 2.45) is 0 Å². The SMILES string of the molecule is COCCNCc1nnnn1C1CCCc2sccc21. The van der Waals surface area contributed by atoms with Crippen molar-refractivity contribution >= 4 is 11.3 Å². The largest absolute Gasteiger partial charge is 0.383 e. The molecule has 1 unspecified atom stereocenters. The van der Waals surface area contributed by atoms with E-state index in [1.165, 1.54) is 23.3 Å². The van der Waals surface area contributed by atoms with Crippen LogP contribution in [0.2, 0.25) is 0 Å².